The van der Waals surface area contributed by atoms with Crippen LogP contribution in [-0.2, 0) is 4.74 Å². The topological polar surface area (TPSA) is 121 Å². The molecule has 0 fully saturated rings. The number of H-pyrrole nitrogens is 1. The number of hydrazine groups is 1. The summed E-state index contributed by atoms with van der Waals surface area (Å²) in [4.78, 5) is 31.6. The van der Waals surface area contributed by atoms with E-state index in [4.69, 9.17) is 10.6 Å². The maximum absolute atomic E-state index is 12.6. The summed E-state index contributed by atoms with van der Waals surface area (Å²) in [5.74, 6) is 5.04. The molecule has 0 aliphatic rings. The van der Waals surface area contributed by atoms with Gasteiger partial charge in [-0.1, -0.05) is 18.2 Å². The standard InChI is InChI=1S/C24H20N4O4/c1-32-24(31)16-9-12-21-19(13-16)20(22(29)27-21)14-26-17-10-7-15(8-11-17)23(30)28(25)18-5-3-2-4-6-18/h2-14,27,29H,25H2,1H3. The Bertz CT molecular complexity index is 1310. The van der Waals surface area contributed by atoms with Crippen molar-refractivity contribution < 1.29 is 19.4 Å². The van der Waals surface area contributed by atoms with Crippen molar-refractivity contribution in [2.75, 3.05) is 12.1 Å². The van der Waals surface area contributed by atoms with E-state index in [1.165, 1.54) is 13.3 Å². The van der Waals surface area contributed by atoms with Gasteiger partial charge in [0.25, 0.3) is 5.91 Å². The monoisotopic (exact) mass is 428 g/mol. The number of aromatic amines is 1. The van der Waals surface area contributed by atoms with Gasteiger partial charge in [0.05, 0.1) is 29.6 Å². The van der Waals surface area contributed by atoms with Crippen molar-refractivity contribution in [3.63, 3.8) is 0 Å². The number of nitrogens with one attached hydrogen (secondary N) is 1. The fraction of sp³-hybridized carbons (Fsp3) is 0.0417. The molecular formula is C24H20N4O4. The summed E-state index contributed by atoms with van der Waals surface area (Å²) in [7, 11) is 1.31. The number of anilines is 1. The number of hydrogen-bond acceptors (Lipinski definition) is 6. The molecule has 160 valence electrons. The summed E-state index contributed by atoms with van der Waals surface area (Å²) < 4.78 is 4.75. The number of benzene rings is 3. The quantitative estimate of drug-likeness (QED) is 0.146. The molecule has 1 amide bonds. The molecule has 1 heterocycles. The second kappa shape index (κ2) is 8.75. The highest BCUT2D eigenvalue weighted by molar-refractivity contribution is 6.06. The molecule has 0 bridgehead atoms. The van der Waals surface area contributed by atoms with E-state index in [0.29, 0.717) is 39.0 Å². The average Bonchev–Trinajstić information content (AvgIpc) is 3.16. The van der Waals surface area contributed by atoms with Gasteiger partial charge in [0.15, 0.2) is 5.88 Å². The number of rotatable bonds is 5. The summed E-state index contributed by atoms with van der Waals surface area (Å²) >= 11 is 0. The van der Waals surface area contributed by atoms with E-state index in [-0.39, 0.29) is 11.8 Å². The number of nitrogens with zero attached hydrogens (tertiary/aromatic N) is 2. The van der Waals surface area contributed by atoms with Gasteiger partial charge in [-0.05, 0) is 54.6 Å². The molecule has 0 aliphatic heterocycles. The van der Waals surface area contributed by atoms with Crippen molar-refractivity contribution in [2.24, 2.45) is 10.8 Å². The van der Waals surface area contributed by atoms with Crippen LogP contribution in [0.3, 0.4) is 0 Å². The van der Waals surface area contributed by atoms with E-state index in [0.717, 1.165) is 5.01 Å². The van der Waals surface area contributed by atoms with E-state index < -0.39 is 5.97 Å². The molecule has 0 spiro atoms. The first-order valence-corrected chi connectivity index (χ1v) is 9.69. The predicted molar refractivity (Wildman–Crippen MR) is 122 cm³/mol. The third-order valence-corrected chi connectivity index (χ3v) is 4.95. The van der Waals surface area contributed by atoms with E-state index in [2.05, 4.69) is 9.98 Å². The number of fused-ring (bicyclic) bond motifs is 1. The summed E-state index contributed by atoms with van der Waals surface area (Å²) in [6.07, 6.45) is 1.49. The first-order valence-electron chi connectivity index (χ1n) is 9.69. The van der Waals surface area contributed by atoms with E-state index in [9.17, 15) is 14.7 Å². The van der Waals surface area contributed by atoms with E-state index in [1.54, 1.807) is 66.7 Å². The SMILES string of the molecule is COC(=O)c1ccc2[nH]c(O)c(C=Nc3ccc(C(=O)N(N)c4ccccc4)cc3)c2c1. The Hall–Kier alpha value is -4.43. The molecule has 8 heteroatoms. The molecule has 4 rings (SSSR count). The molecule has 0 saturated heterocycles. The molecule has 4 aromatic rings. The normalized spacial score (nSPS) is 11.1. The van der Waals surface area contributed by atoms with Crippen LogP contribution in [0, 0.1) is 0 Å². The zero-order chi connectivity index (χ0) is 22.7. The highest BCUT2D eigenvalue weighted by Gasteiger charge is 2.15. The van der Waals surface area contributed by atoms with E-state index >= 15 is 0 Å². The number of aliphatic imine (C=N–C) groups is 1. The summed E-state index contributed by atoms with van der Waals surface area (Å²) in [6, 6.07) is 20.5. The summed E-state index contributed by atoms with van der Waals surface area (Å²) in [5.41, 5.74) is 3.02. The van der Waals surface area contributed by atoms with Crippen LogP contribution < -0.4 is 10.9 Å². The van der Waals surface area contributed by atoms with Gasteiger partial charge in [-0.15, -0.1) is 0 Å². The highest BCUT2D eigenvalue weighted by Crippen LogP contribution is 2.27. The molecule has 0 aliphatic carbocycles. The lowest BCUT2D eigenvalue weighted by atomic mass is 10.1. The van der Waals surface area contributed by atoms with Crippen molar-refractivity contribution in [1.29, 1.82) is 0 Å². The number of methoxy groups -OCH3 is 1. The minimum atomic E-state index is -0.472. The number of nitrogens with two attached hydrogens (primary N) is 1. The molecule has 0 atom stereocenters. The first kappa shape index (κ1) is 20.8. The number of aromatic hydroxyl groups is 1. The van der Waals surface area contributed by atoms with Gasteiger partial charge in [-0.25, -0.2) is 15.6 Å². The van der Waals surface area contributed by atoms with Gasteiger partial charge in [-0.2, -0.15) is 0 Å². The molecule has 0 radical (unpaired) electrons. The van der Waals surface area contributed by atoms with Crippen molar-refractivity contribution in [3.8, 4) is 5.88 Å². The van der Waals surface area contributed by atoms with Crippen LogP contribution in [0.4, 0.5) is 11.4 Å². The number of ether oxygens (including phenoxy) is 1. The van der Waals surface area contributed by atoms with Crippen LogP contribution in [0.1, 0.15) is 26.3 Å². The predicted octanol–water partition coefficient (Wildman–Crippen LogP) is 3.93. The second-order valence-electron chi connectivity index (χ2n) is 6.96. The van der Waals surface area contributed by atoms with Gasteiger partial charge in [0.2, 0.25) is 0 Å². The average molecular weight is 428 g/mol. The Morgan fingerprint density at radius 1 is 1.03 bits per heavy atom. The fourth-order valence-corrected chi connectivity index (χ4v) is 3.25. The van der Waals surface area contributed by atoms with Gasteiger partial charge >= 0.3 is 5.97 Å². The van der Waals surface area contributed by atoms with Crippen molar-refractivity contribution in [1.82, 2.24) is 4.98 Å². The Balaban J connectivity index is 1.56. The minimum absolute atomic E-state index is 0.0702. The highest BCUT2D eigenvalue weighted by atomic mass is 16.5. The largest absolute Gasteiger partial charge is 0.494 e. The number of esters is 1. The lowest BCUT2D eigenvalue weighted by Gasteiger charge is -2.16. The fourth-order valence-electron chi connectivity index (χ4n) is 3.25. The number of carbonyl (C=O) groups is 2. The number of amides is 1. The van der Waals surface area contributed by atoms with E-state index in [1.807, 2.05) is 6.07 Å². The van der Waals surface area contributed by atoms with Crippen LogP contribution in [0.15, 0.2) is 77.8 Å². The van der Waals surface area contributed by atoms with Gasteiger partial charge in [0.1, 0.15) is 0 Å². The van der Waals surface area contributed by atoms with Crippen LogP contribution in [0.5, 0.6) is 5.88 Å². The third kappa shape index (κ3) is 4.07. The number of hydrogen-bond donors (Lipinski definition) is 3. The molecule has 1 aromatic heterocycles. The lowest BCUT2D eigenvalue weighted by molar-refractivity contribution is 0.0600. The molecule has 0 unspecified atom stereocenters. The molecule has 0 saturated carbocycles. The Kier molecular flexibility index (Phi) is 5.69. The maximum Gasteiger partial charge on any atom is 0.337 e. The smallest absolute Gasteiger partial charge is 0.337 e. The zero-order valence-corrected chi connectivity index (χ0v) is 17.1. The van der Waals surface area contributed by atoms with Crippen molar-refractivity contribution in [3.05, 3.63) is 89.5 Å². The van der Waals surface area contributed by atoms with Crippen molar-refractivity contribution >= 4 is 40.4 Å². The summed E-state index contributed by atoms with van der Waals surface area (Å²) in [5, 5.41) is 12.0. The zero-order valence-electron chi connectivity index (χ0n) is 17.1. The molecule has 4 N–H and O–H groups in total. The van der Waals surface area contributed by atoms with Crippen molar-refractivity contribution in [2.45, 2.75) is 0 Å². The Labute approximate surface area is 183 Å². The second-order valence-corrected chi connectivity index (χ2v) is 6.96. The first-order chi connectivity index (χ1) is 15.5. The molecular weight excluding hydrogens is 408 g/mol. The molecule has 32 heavy (non-hydrogen) atoms. The number of para-hydroxylation sites is 1. The molecule has 8 nitrogen and oxygen atoms in total. The van der Waals surface area contributed by atoms with Gasteiger partial charge in [0, 0.05) is 22.7 Å². The van der Waals surface area contributed by atoms with Gasteiger partial charge in [-0.3, -0.25) is 9.79 Å². The Morgan fingerprint density at radius 2 is 1.72 bits per heavy atom. The Morgan fingerprint density at radius 3 is 2.41 bits per heavy atom. The summed E-state index contributed by atoms with van der Waals surface area (Å²) in [6.45, 7) is 0. The van der Waals surface area contributed by atoms with Crippen LogP contribution >= 0.6 is 0 Å². The number of aromatic nitrogens is 1. The van der Waals surface area contributed by atoms with Crippen LogP contribution in [-0.4, -0.2) is 35.3 Å². The lowest BCUT2D eigenvalue weighted by Crippen LogP contribution is -2.37. The third-order valence-electron chi connectivity index (χ3n) is 4.95. The van der Waals surface area contributed by atoms with Gasteiger partial charge < -0.3 is 14.8 Å². The number of carbonyl (C=O) groups excluding carboxylic acids is 2. The van der Waals surface area contributed by atoms with Crippen LogP contribution in [0.25, 0.3) is 10.9 Å². The maximum atomic E-state index is 12.6. The van der Waals surface area contributed by atoms with Crippen LogP contribution in [0.2, 0.25) is 0 Å². The minimum Gasteiger partial charge on any atom is -0.494 e. The molecule has 3 aromatic carbocycles.